The average molecular weight is 259 g/mol. The van der Waals surface area contributed by atoms with Crippen LogP contribution in [-0.4, -0.2) is 34.6 Å². The fourth-order valence-electron chi connectivity index (χ4n) is 2.25. The molecule has 1 aliphatic rings. The molecule has 2 aromatic rings. The van der Waals surface area contributed by atoms with Crippen molar-refractivity contribution in [1.82, 2.24) is 15.5 Å². The summed E-state index contributed by atoms with van der Waals surface area (Å²) in [5.74, 6) is -0.646. The summed E-state index contributed by atoms with van der Waals surface area (Å²) >= 11 is 0. The quantitative estimate of drug-likeness (QED) is 0.494. The first-order chi connectivity index (χ1) is 9.06. The van der Waals surface area contributed by atoms with Gasteiger partial charge in [-0.15, -0.1) is 0 Å². The van der Waals surface area contributed by atoms with Crippen LogP contribution in [0.5, 0.6) is 0 Å². The third-order valence-electron chi connectivity index (χ3n) is 3.32. The molecule has 4 N–H and O–H groups in total. The lowest BCUT2D eigenvalue weighted by molar-refractivity contribution is -0.132. The van der Waals surface area contributed by atoms with Gasteiger partial charge in [-0.3, -0.25) is 20.0 Å². The number of anilines is 2. The minimum atomic E-state index is -0.444. The summed E-state index contributed by atoms with van der Waals surface area (Å²) < 4.78 is 0. The molecule has 2 heterocycles. The molecule has 1 unspecified atom stereocenters. The molecule has 1 aromatic carbocycles. The van der Waals surface area contributed by atoms with Gasteiger partial charge in [-0.1, -0.05) is 0 Å². The number of aromatic amines is 1. The minimum absolute atomic E-state index is 0.108. The normalized spacial score (nSPS) is 19.8. The van der Waals surface area contributed by atoms with Gasteiger partial charge in [0.2, 0.25) is 11.8 Å². The van der Waals surface area contributed by atoms with Gasteiger partial charge in [-0.2, -0.15) is 5.10 Å². The number of piperazine rings is 1. The van der Waals surface area contributed by atoms with E-state index >= 15 is 0 Å². The van der Waals surface area contributed by atoms with Gasteiger partial charge in [0, 0.05) is 5.39 Å². The van der Waals surface area contributed by atoms with Crippen molar-refractivity contribution in [2.24, 2.45) is 0 Å². The summed E-state index contributed by atoms with van der Waals surface area (Å²) in [5.41, 5.74) is 7.99. The summed E-state index contributed by atoms with van der Waals surface area (Å²) in [6.45, 7) is 1.84. The fourth-order valence-corrected chi connectivity index (χ4v) is 2.25. The highest BCUT2D eigenvalue weighted by atomic mass is 16.2. The topological polar surface area (TPSA) is 104 Å². The minimum Gasteiger partial charge on any atom is -0.397 e. The van der Waals surface area contributed by atoms with E-state index in [9.17, 15) is 9.59 Å². The number of rotatable bonds is 1. The summed E-state index contributed by atoms with van der Waals surface area (Å²) in [6.07, 6.45) is 1.67. The average Bonchev–Trinajstić information content (AvgIpc) is 2.80. The Bertz CT molecular complexity index is 678. The maximum Gasteiger partial charge on any atom is 0.249 e. The van der Waals surface area contributed by atoms with E-state index in [1.807, 2.05) is 0 Å². The summed E-state index contributed by atoms with van der Waals surface area (Å²) in [4.78, 5) is 24.9. The first kappa shape index (κ1) is 11.5. The molecule has 2 amide bonds. The van der Waals surface area contributed by atoms with Gasteiger partial charge in [0.05, 0.1) is 29.6 Å². The van der Waals surface area contributed by atoms with Gasteiger partial charge in [0.25, 0.3) is 0 Å². The van der Waals surface area contributed by atoms with Crippen molar-refractivity contribution in [3.8, 4) is 0 Å². The van der Waals surface area contributed by atoms with Crippen molar-refractivity contribution in [2.75, 3.05) is 17.2 Å². The molecular weight excluding hydrogens is 246 g/mol. The van der Waals surface area contributed by atoms with E-state index in [4.69, 9.17) is 5.73 Å². The number of benzene rings is 1. The Kier molecular flexibility index (Phi) is 2.41. The fraction of sp³-hybridized carbons (Fsp3) is 0.250. The van der Waals surface area contributed by atoms with Crippen molar-refractivity contribution < 1.29 is 9.59 Å². The molecule has 98 valence electrons. The molecule has 1 saturated heterocycles. The molecule has 1 aromatic heterocycles. The molecule has 0 bridgehead atoms. The van der Waals surface area contributed by atoms with Gasteiger partial charge >= 0.3 is 0 Å². The van der Waals surface area contributed by atoms with E-state index in [0.29, 0.717) is 11.4 Å². The van der Waals surface area contributed by atoms with Gasteiger partial charge in [0.1, 0.15) is 6.04 Å². The second kappa shape index (κ2) is 3.98. The molecule has 7 nitrogen and oxygen atoms in total. The number of amides is 2. The van der Waals surface area contributed by atoms with Gasteiger partial charge in [0.15, 0.2) is 0 Å². The molecule has 0 spiro atoms. The van der Waals surface area contributed by atoms with E-state index in [1.54, 1.807) is 30.2 Å². The second-order valence-electron chi connectivity index (χ2n) is 4.58. The van der Waals surface area contributed by atoms with Crippen LogP contribution in [0, 0.1) is 0 Å². The Morgan fingerprint density at radius 2 is 2.21 bits per heavy atom. The van der Waals surface area contributed by atoms with Crippen LogP contribution >= 0.6 is 0 Å². The van der Waals surface area contributed by atoms with Crippen LogP contribution in [0.2, 0.25) is 0 Å². The highest BCUT2D eigenvalue weighted by Gasteiger charge is 2.31. The lowest BCUT2D eigenvalue weighted by Crippen LogP contribution is -2.57. The van der Waals surface area contributed by atoms with Crippen molar-refractivity contribution in [2.45, 2.75) is 13.0 Å². The van der Waals surface area contributed by atoms with Crippen LogP contribution < -0.4 is 16.0 Å². The summed E-state index contributed by atoms with van der Waals surface area (Å²) in [5, 5.41) is 9.97. The largest absolute Gasteiger partial charge is 0.397 e. The number of fused-ring (bicyclic) bond motifs is 1. The number of nitrogens with one attached hydrogen (secondary N) is 2. The Morgan fingerprint density at radius 3 is 3.00 bits per heavy atom. The van der Waals surface area contributed by atoms with Crippen molar-refractivity contribution in [3.63, 3.8) is 0 Å². The summed E-state index contributed by atoms with van der Waals surface area (Å²) in [6, 6.07) is 3.14. The molecule has 19 heavy (non-hydrogen) atoms. The van der Waals surface area contributed by atoms with Crippen LogP contribution in [0.1, 0.15) is 6.92 Å². The highest BCUT2D eigenvalue weighted by Crippen LogP contribution is 2.30. The first-order valence-corrected chi connectivity index (χ1v) is 5.89. The maximum atomic E-state index is 11.7. The van der Waals surface area contributed by atoms with E-state index in [-0.39, 0.29) is 18.4 Å². The van der Waals surface area contributed by atoms with Gasteiger partial charge in [-0.25, -0.2) is 0 Å². The molecule has 0 radical (unpaired) electrons. The predicted molar refractivity (Wildman–Crippen MR) is 70.5 cm³/mol. The standard InChI is InChI=1S/C12H13N5O2/c1-6-12(19)15-11(18)5-17(6)10-3-9-7(2-8(10)13)4-14-16-9/h2-4,6H,5,13H2,1H3,(H,14,16)(H,15,18,19). The lowest BCUT2D eigenvalue weighted by Gasteiger charge is -2.34. The number of nitrogens with zero attached hydrogens (tertiary/aromatic N) is 2. The predicted octanol–water partition coefficient (Wildman–Crippen LogP) is -0.00360. The number of hydrogen-bond acceptors (Lipinski definition) is 5. The highest BCUT2D eigenvalue weighted by molar-refractivity contribution is 6.05. The summed E-state index contributed by atoms with van der Waals surface area (Å²) in [7, 11) is 0. The van der Waals surface area contributed by atoms with E-state index in [0.717, 1.165) is 10.9 Å². The number of nitrogens with two attached hydrogens (primary N) is 1. The molecule has 0 saturated carbocycles. The lowest BCUT2D eigenvalue weighted by atomic mass is 10.1. The molecule has 1 atom stereocenters. The van der Waals surface area contributed by atoms with Crippen LogP contribution in [0.3, 0.4) is 0 Å². The van der Waals surface area contributed by atoms with E-state index in [2.05, 4.69) is 15.5 Å². The third-order valence-corrected chi connectivity index (χ3v) is 3.32. The van der Waals surface area contributed by atoms with Crippen molar-refractivity contribution >= 4 is 34.1 Å². The molecule has 7 heteroatoms. The zero-order valence-corrected chi connectivity index (χ0v) is 10.3. The van der Waals surface area contributed by atoms with Crippen LogP contribution in [0.4, 0.5) is 11.4 Å². The van der Waals surface area contributed by atoms with Gasteiger partial charge < -0.3 is 10.6 Å². The van der Waals surface area contributed by atoms with Crippen molar-refractivity contribution in [1.29, 1.82) is 0 Å². The number of H-pyrrole nitrogens is 1. The molecular formula is C12H13N5O2. The Hall–Kier alpha value is -2.57. The number of hydrogen-bond donors (Lipinski definition) is 3. The molecule has 1 aliphatic heterocycles. The number of aromatic nitrogens is 2. The molecule has 0 aliphatic carbocycles. The Morgan fingerprint density at radius 1 is 1.42 bits per heavy atom. The van der Waals surface area contributed by atoms with E-state index in [1.165, 1.54) is 0 Å². The monoisotopic (exact) mass is 259 g/mol. The third kappa shape index (κ3) is 1.79. The zero-order chi connectivity index (χ0) is 13.6. The smallest absolute Gasteiger partial charge is 0.249 e. The number of imide groups is 1. The van der Waals surface area contributed by atoms with Crippen LogP contribution in [-0.2, 0) is 9.59 Å². The van der Waals surface area contributed by atoms with Gasteiger partial charge in [-0.05, 0) is 19.1 Å². The second-order valence-corrected chi connectivity index (χ2v) is 4.58. The van der Waals surface area contributed by atoms with Crippen LogP contribution in [0.15, 0.2) is 18.3 Å². The maximum absolute atomic E-state index is 11.7. The Balaban J connectivity index is 2.09. The number of carbonyl (C=O) groups excluding carboxylic acids is 2. The number of nitrogen functional groups attached to an aromatic ring is 1. The molecule has 3 rings (SSSR count). The zero-order valence-electron chi connectivity index (χ0n) is 10.3. The van der Waals surface area contributed by atoms with Crippen molar-refractivity contribution in [3.05, 3.63) is 18.3 Å². The molecule has 1 fully saturated rings. The van der Waals surface area contributed by atoms with E-state index < -0.39 is 6.04 Å². The first-order valence-electron chi connectivity index (χ1n) is 5.89. The Labute approximate surface area is 108 Å². The number of carbonyl (C=O) groups is 2. The SMILES string of the molecule is CC1C(=O)NC(=O)CN1c1cc2[nH]ncc2cc1N. The van der Waals surface area contributed by atoms with Crippen LogP contribution in [0.25, 0.3) is 10.9 Å².